The van der Waals surface area contributed by atoms with E-state index in [0.29, 0.717) is 5.92 Å². The van der Waals surface area contributed by atoms with Crippen LogP contribution < -0.4 is 9.80 Å². The number of ether oxygens (including phenoxy) is 1. The molecule has 2 aliphatic rings. The molecule has 1 atom stereocenters. The Kier molecular flexibility index (Phi) is 5.46. The van der Waals surface area contributed by atoms with Gasteiger partial charge in [-0.05, 0) is 31.0 Å². The van der Waals surface area contributed by atoms with Crippen molar-refractivity contribution >= 4 is 22.5 Å². The number of aromatic nitrogens is 3. The Morgan fingerprint density at radius 2 is 1.87 bits per heavy atom. The van der Waals surface area contributed by atoms with Crippen molar-refractivity contribution in [3.05, 3.63) is 42.7 Å². The summed E-state index contributed by atoms with van der Waals surface area (Å²) < 4.78 is 5.57. The Morgan fingerprint density at radius 3 is 2.70 bits per heavy atom. The molecule has 7 heteroatoms. The van der Waals surface area contributed by atoms with Gasteiger partial charge < -0.3 is 19.6 Å². The molecule has 2 aliphatic heterocycles. The molecule has 2 aromatic heterocycles. The Hall–Kier alpha value is -2.77. The summed E-state index contributed by atoms with van der Waals surface area (Å²) in [6.45, 7) is 5.46. The van der Waals surface area contributed by atoms with Crippen LogP contribution in [0.15, 0.2) is 42.7 Å². The first-order chi connectivity index (χ1) is 14.8. The van der Waals surface area contributed by atoms with Crippen LogP contribution in [-0.4, -0.2) is 66.1 Å². The van der Waals surface area contributed by atoms with Gasteiger partial charge in [-0.1, -0.05) is 12.1 Å². The first-order valence-electron chi connectivity index (χ1n) is 10.7. The van der Waals surface area contributed by atoms with Crippen LogP contribution in [0.4, 0.5) is 11.5 Å². The third-order valence-corrected chi connectivity index (χ3v) is 6.03. The van der Waals surface area contributed by atoms with Gasteiger partial charge in [0, 0.05) is 69.0 Å². The predicted octanol–water partition coefficient (Wildman–Crippen LogP) is 2.74. The minimum absolute atomic E-state index is 0.211. The number of fused-ring (bicyclic) bond motifs is 1. The summed E-state index contributed by atoms with van der Waals surface area (Å²) in [5, 5.41) is 9.54. The lowest BCUT2D eigenvalue weighted by atomic mass is 10.1. The quantitative estimate of drug-likeness (QED) is 0.715. The smallest absolute Gasteiger partial charge is 0.157 e. The summed E-state index contributed by atoms with van der Waals surface area (Å²) in [4.78, 5) is 18.7. The fraction of sp³-hybridized carbons (Fsp3) is 0.435. The third kappa shape index (κ3) is 3.82. The minimum atomic E-state index is 0.211. The number of anilines is 2. The van der Waals surface area contributed by atoms with Crippen LogP contribution in [0.25, 0.3) is 22.3 Å². The molecule has 1 aromatic carbocycles. The van der Waals surface area contributed by atoms with Gasteiger partial charge in [0.2, 0.25) is 0 Å². The summed E-state index contributed by atoms with van der Waals surface area (Å²) in [5.41, 5.74) is 4.85. The molecule has 30 heavy (non-hydrogen) atoms. The zero-order valence-electron chi connectivity index (χ0n) is 17.1. The SMILES string of the molecule is OCC1CCN(c2nc(-c3ccc(N4CCCOCC4)cc3)cc3nccnc23)C1. The van der Waals surface area contributed by atoms with Gasteiger partial charge >= 0.3 is 0 Å². The molecule has 2 fully saturated rings. The molecule has 0 aliphatic carbocycles. The van der Waals surface area contributed by atoms with E-state index < -0.39 is 0 Å². The van der Waals surface area contributed by atoms with Gasteiger partial charge in [0.05, 0.1) is 17.8 Å². The van der Waals surface area contributed by atoms with Crippen LogP contribution in [0.1, 0.15) is 12.8 Å². The largest absolute Gasteiger partial charge is 0.396 e. The van der Waals surface area contributed by atoms with E-state index in [-0.39, 0.29) is 6.61 Å². The van der Waals surface area contributed by atoms with Crippen molar-refractivity contribution in [1.82, 2.24) is 15.0 Å². The van der Waals surface area contributed by atoms with Crippen LogP contribution in [0, 0.1) is 5.92 Å². The van der Waals surface area contributed by atoms with Crippen molar-refractivity contribution < 1.29 is 9.84 Å². The maximum atomic E-state index is 9.54. The second-order valence-electron chi connectivity index (χ2n) is 8.04. The molecule has 7 nitrogen and oxygen atoms in total. The number of aliphatic hydroxyl groups excluding tert-OH is 1. The molecule has 1 N–H and O–H groups in total. The van der Waals surface area contributed by atoms with Crippen molar-refractivity contribution in [2.45, 2.75) is 12.8 Å². The van der Waals surface area contributed by atoms with Gasteiger partial charge in [-0.2, -0.15) is 0 Å². The van der Waals surface area contributed by atoms with Gasteiger partial charge in [-0.25, -0.2) is 9.97 Å². The molecular weight excluding hydrogens is 378 g/mol. The Bertz CT molecular complexity index is 1000. The van der Waals surface area contributed by atoms with Crippen LogP contribution in [0.3, 0.4) is 0 Å². The van der Waals surface area contributed by atoms with E-state index in [9.17, 15) is 5.11 Å². The highest BCUT2D eigenvalue weighted by Gasteiger charge is 2.25. The van der Waals surface area contributed by atoms with Crippen LogP contribution >= 0.6 is 0 Å². The minimum Gasteiger partial charge on any atom is -0.396 e. The molecule has 3 aromatic rings. The van der Waals surface area contributed by atoms with Crippen LogP contribution in [0.2, 0.25) is 0 Å². The molecule has 2 saturated heterocycles. The van der Waals surface area contributed by atoms with Crippen molar-refractivity contribution in [2.24, 2.45) is 5.92 Å². The topological polar surface area (TPSA) is 74.6 Å². The Labute approximate surface area is 176 Å². The molecule has 5 rings (SSSR count). The van der Waals surface area contributed by atoms with E-state index in [4.69, 9.17) is 9.72 Å². The first kappa shape index (κ1) is 19.2. The monoisotopic (exact) mass is 405 g/mol. The highest BCUT2D eigenvalue weighted by Crippen LogP contribution is 2.31. The number of rotatable bonds is 4. The number of aliphatic hydroxyl groups is 1. The average Bonchev–Trinajstić information content (AvgIpc) is 3.12. The summed E-state index contributed by atoms with van der Waals surface area (Å²) in [5.74, 6) is 1.15. The Morgan fingerprint density at radius 1 is 1.00 bits per heavy atom. The van der Waals surface area contributed by atoms with Gasteiger partial charge in [-0.15, -0.1) is 0 Å². The maximum Gasteiger partial charge on any atom is 0.157 e. The molecule has 0 bridgehead atoms. The number of hydrogen-bond acceptors (Lipinski definition) is 7. The zero-order chi connectivity index (χ0) is 20.3. The van der Waals surface area contributed by atoms with E-state index in [1.807, 2.05) is 6.07 Å². The number of pyridine rings is 1. The van der Waals surface area contributed by atoms with E-state index >= 15 is 0 Å². The van der Waals surface area contributed by atoms with Crippen molar-refractivity contribution in [1.29, 1.82) is 0 Å². The van der Waals surface area contributed by atoms with Crippen molar-refractivity contribution in [3.8, 4) is 11.3 Å². The molecule has 0 saturated carbocycles. The fourth-order valence-electron chi connectivity index (χ4n) is 4.35. The molecule has 0 amide bonds. The lowest BCUT2D eigenvalue weighted by molar-refractivity contribution is 0.152. The van der Waals surface area contributed by atoms with Crippen molar-refractivity contribution in [3.63, 3.8) is 0 Å². The second kappa shape index (κ2) is 8.53. The third-order valence-electron chi connectivity index (χ3n) is 6.03. The molecule has 1 unspecified atom stereocenters. The summed E-state index contributed by atoms with van der Waals surface area (Å²) in [6.07, 6.45) is 5.46. The van der Waals surface area contributed by atoms with Gasteiger partial charge in [-0.3, -0.25) is 4.98 Å². The lowest BCUT2D eigenvalue weighted by Crippen LogP contribution is -2.25. The van der Waals surface area contributed by atoms with Gasteiger partial charge in [0.1, 0.15) is 5.52 Å². The average molecular weight is 406 g/mol. The second-order valence-corrected chi connectivity index (χ2v) is 8.04. The van der Waals surface area contributed by atoms with E-state index in [1.54, 1.807) is 12.4 Å². The highest BCUT2D eigenvalue weighted by atomic mass is 16.5. The summed E-state index contributed by atoms with van der Waals surface area (Å²) in [6, 6.07) is 10.6. The number of nitrogens with zero attached hydrogens (tertiary/aromatic N) is 5. The molecule has 4 heterocycles. The van der Waals surface area contributed by atoms with E-state index in [1.165, 1.54) is 5.69 Å². The number of hydrogen-bond donors (Lipinski definition) is 1. The predicted molar refractivity (Wildman–Crippen MR) is 118 cm³/mol. The van der Waals surface area contributed by atoms with Gasteiger partial charge in [0.15, 0.2) is 5.82 Å². The van der Waals surface area contributed by atoms with Crippen LogP contribution in [-0.2, 0) is 4.74 Å². The standard InChI is InChI=1S/C23H27N5O2/c29-16-17-6-10-28(15-17)23-22-21(24-7-8-25-22)14-20(26-23)18-2-4-19(5-3-18)27-9-1-12-30-13-11-27/h2-5,7-8,14,17,29H,1,6,9-13,15-16H2. The molecule has 0 radical (unpaired) electrons. The van der Waals surface area contributed by atoms with Gasteiger partial charge in [0.25, 0.3) is 0 Å². The van der Waals surface area contributed by atoms with Crippen molar-refractivity contribution in [2.75, 3.05) is 55.8 Å². The lowest BCUT2D eigenvalue weighted by Gasteiger charge is -2.22. The molecular formula is C23H27N5O2. The van der Waals surface area contributed by atoms with E-state index in [2.05, 4.69) is 44.0 Å². The number of benzene rings is 1. The summed E-state index contributed by atoms with van der Waals surface area (Å²) >= 11 is 0. The fourth-order valence-corrected chi connectivity index (χ4v) is 4.35. The van der Waals surface area contributed by atoms with Crippen LogP contribution in [0.5, 0.6) is 0 Å². The van der Waals surface area contributed by atoms with E-state index in [0.717, 1.165) is 80.3 Å². The molecule has 156 valence electrons. The zero-order valence-corrected chi connectivity index (χ0v) is 17.1. The summed E-state index contributed by atoms with van der Waals surface area (Å²) in [7, 11) is 0. The maximum absolute atomic E-state index is 9.54. The highest BCUT2D eigenvalue weighted by molar-refractivity contribution is 5.89. The normalized spacial score (nSPS) is 20.0. The molecule has 0 spiro atoms. The Balaban J connectivity index is 1.48. The first-order valence-corrected chi connectivity index (χ1v) is 10.7.